The topological polar surface area (TPSA) is 68.1 Å². The summed E-state index contributed by atoms with van der Waals surface area (Å²) in [7, 11) is 0. The zero-order valence-electron chi connectivity index (χ0n) is 14.5. The Bertz CT molecular complexity index is 655. The molecule has 1 saturated heterocycles. The lowest BCUT2D eigenvalue weighted by atomic mass is 9.99. The summed E-state index contributed by atoms with van der Waals surface area (Å²) >= 11 is 0. The maximum atomic E-state index is 5.51. The predicted molar refractivity (Wildman–Crippen MR) is 95.1 cm³/mol. The van der Waals surface area contributed by atoms with Gasteiger partial charge in [0.2, 0.25) is 5.95 Å². The van der Waals surface area contributed by atoms with Crippen LogP contribution in [0.3, 0.4) is 0 Å². The van der Waals surface area contributed by atoms with E-state index in [0.717, 1.165) is 51.9 Å². The van der Waals surface area contributed by atoms with Gasteiger partial charge in [-0.25, -0.2) is 9.97 Å². The van der Waals surface area contributed by atoms with Crippen LogP contribution in [0.25, 0.3) is 0 Å². The van der Waals surface area contributed by atoms with E-state index in [-0.39, 0.29) is 0 Å². The molecule has 4 rings (SSSR count). The fraction of sp³-hybridized carbons (Fsp3) is 0.611. The molecule has 1 fully saturated rings. The average molecular weight is 342 g/mol. The molecule has 0 unspecified atom stereocenters. The largest absolute Gasteiger partial charge is 0.381 e. The SMILES string of the molecule is c1cnc(NC[C@H]2CN(CC3CCOCC3)Cc3ccnn3C2)nc1. The van der Waals surface area contributed by atoms with Gasteiger partial charge in [0.1, 0.15) is 0 Å². The molecule has 4 heterocycles. The molecule has 2 aliphatic rings. The number of nitrogens with one attached hydrogen (secondary N) is 1. The predicted octanol–water partition coefficient (Wildman–Crippen LogP) is 1.64. The minimum Gasteiger partial charge on any atom is -0.381 e. The summed E-state index contributed by atoms with van der Waals surface area (Å²) in [5.41, 5.74) is 1.31. The highest BCUT2D eigenvalue weighted by Gasteiger charge is 2.25. The number of hydrogen-bond donors (Lipinski definition) is 1. The molecule has 0 spiro atoms. The molecule has 0 aromatic carbocycles. The van der Waals surface area contributed by atoms with E-state index in [1.807, 2.05) is 12.3 Å². The van der Waals surface area contributed by atoms with Gasteiger partial charge in [0.15, 0.2) is 0 Å². The van der Waals surface area contributed by atoms with Crippen LogP contribution < -0.4 is 5.32 Å². The van der Waals surface area contributed by atoms with Crippen LogP contribution in [0.4, 0.5) is 5.95 Å². The number of nitrogens with zero attached hydrogens (tertiary/aromatic N) is 5. The third-order valence-corrected chi connectivity index (χ3v) is 5.11. The molecule has 2 aromatic rings. The molecule has 0 aliphatic carbocycles. The van der Waals surface area contributed by atoms with Crippen LogP contribution in [-0.4, -0.2) is 57.5 Å². The first kappa shape index (κ1) is 16.5. The quantitative estimate of drug-likeness (QED) is 0.891. The molecule has 0 amide bonds. The van der Waals surface area contributed by atoms with Crippen molar-refractivity contribution in [2.24, 2.45) is 11.8 Å². The zero-order valence-corrected chi connectivity index (χ0v) is 14.5. The average Bonchev–Trinajstić information content (AvgIpc) is 3.01. The number of fused-ring (bicyclic) bond motifs is 1. The van der Waals surface area contributed by atoms with E-state index < -0.39 is 0 Å². The number of aromatic nitrogens is 4. The van der Waals surface area contributed by atoms with Crippen molar-refractivity contribution in [3.63, 3.8) is 0 Å². The normalized spacial score (nSPS) is 22.3. The summed E-state index contributed by atoms with van der Waals surface area (Å²) in [5.74, 6) is 1.92. The van der Waals surface area contributed by atoms with Crippen molar-refractivity contribution in [1.29, 1.82) is 0 Å². The van der Waals surface area contributed by atoms with Crippen LogP contribution in [0.1, 0.15) is 18.5 Å². The highest BCUT2D eigenvalue weighted by atomic mass is 16.5. The molecule has 7 heteroatoms. The first-order valence-electron chi connectivity index (χ1n) is 9.18. The lowest BCUT2D eigenvalue weighted by molar-refractivity contribution is 0.0497. The standard InChI is InChI=1S/C18H26N6O/c1-5-19-18(20-6-1)21-10-16-12-23(11-15-3-8-25-9-4-15)14-17-2-7-22-24(17)13-16/h1-2,5-7,15-16H,3-4,8-14H2,(H,19,20,21)/t16-/m0/s1. The van der Waals surface area contributed by atoms with Crippen molar-refractivity contribution < 1.29 is 4.74 Å². The Balaban J connectivity index is 1.41. The molecule has 0 saturated carbocycles. The van der Waals surface area contributed by atoms with Crippen molar-refractivity contribution in [2.75, 3.05) is 38.2 Å². The Kier molecular flexibility index (Phi) is 5.22. The molecule has 0 bridgehead atoms. The summed E-state index contributed by atoms with van der Waals surface area (Å²) in [5, 5.41) is 7.89. The van der Waals surface area contributed by atoms with Crippen LogP contribution in [0.5, 0.6) is 0 Å². The van der Waals surface area contributed by atoms with E-state index in [0.29, 0.717) is 11.9 Å². The highest BCUT2D eigenvalue weighted by Crippen LogP contribution is 2.21. The number of ether oxygens (including phenoxy) is 1. The van der Waals surface area contributed by atoms with Crippen molar-refractivity contribution in [3.05, 3.63) is 36.4 Å². The first-order valence-corrected chi connectivity index (χ1v) is 9.18. The van der Waals surface area contributed by atoms with Gasteiger partial charge in [-0.15, -0.1) is 0 Å². The molecule has 134 valence electrons. The van der Waals surface area contributed by atoms with E-state index in [2.05, 4.69) is 36.0 Å². The Morgan fingerprint density at radius 2 is 1.92 bits per heavy atom. The summed E-state index contributed by atoms with van der Waals surface area (Å²) in [6.07, 6.45) is 7.81. The maximum absolute atomic E-state index is 5.51. The molecular weight excluding hydrogens is 316 g/mol. The minimum atomic E-state index is 0.477. The summed E-state index contributed by atoms with van der Waals surface area (Å²) in [6.45, 7) is 6.81. The Morgan fingerprint density at radius 3 is 2.76 bits per heavy atom. The molecule has 1 N–H and O–H groups in total. The van der Waals surface area contributed by atoms with Gasteiger partial charge in [0, 0.05) is 70.4 Å². The van der Waals surface area contributed by atoms with E-state index in [9.17, 15) is 0 Å². The van der Waals surface area contributed by atoms with E-state index >= 15 is 0 Å². The summed E-state index contributed by atoms with van der Waals surface area (Å²) < 4.78 is 7.66. The molecule has 2 aromatic heterocycles. The molecule has 0 radical (unpaired) electrons. The van der Waals surface area contributed by atoms with Gasteiger partial charge in [-0.3, -0.25) is 9.58 Å². The van der Waals surface area contributed by atoms with E-state index in [1.165, 1.54) is 18.5 Å². The zero-order chi connectivity index (χ0) is 16.9. The van der Waals surface area contributed by atoms with Crippen molar-refractivity contribution in [1.82, 2.24) is 24.6 Å². The van der Waals surface area contributed by atoms with Crippen molar-refractivity contribution in [2.45, 2.75) is 25.9 Å². The fourth-order valence-corrected chi connectivity index (χ4v) is 3.81. The summed E-state index contributed by atoms with van der Waals surface area (Å²) in [6, 6.07) is 3.98. The highest BCUT2D eigenvalue weighted by molar-refractivity contribution is 5.22. The van der Waals surface area contributed by atoms with Gasteiger partial charge in [-0.05, 0) is 30.9 Å². The second-order valence-electron chi connectivity index (χ2n) is 7.07. The van der Waals surface area contributed by atoms with Crippen LogP contribution in [-0.2, 0) is 17.8 Å². The van der Waals surface area contributed by atoms with Gasteiger partial charge >= 0.3 is 0 Å². The minimum absolute atomic E-state index is 0.477. The molecule has 1 atom stereocenters. The smallest absolute Gasteiger partial charge is 0.222 e. The maximum Gasteiger partial charge on any atom is 0.222 e. The van der Waals surface area contributed by atoms with E-state index in [4.69, 9.17) is 4.74 Å². The van der Waals surface area contributed by atoms with Crippen LogP contribution in [0.15, 0.2) is 30.7 Å². The van der Waals surface area contributed by atoms with Crippen molar-refractivity contribution >= 4 is 5.95 Å². The Labute approximate surface area is 148 Å². The van der Waals surface area contributed by atoms with Gasteiger partial charge in [-0.1, -0.05) is 0 Å². The Morgan fingerprint density at radius 1 is 1.08 bits per heavy atom. The second kappa shape index (κ2) is 7.93. The van der Waals surface area contributed by atoms with Gasteiger partial charge in [0.25, 0.3) is 0 Å². The van der Waals surface area contributed by atoms with Gasteiger partial charge in [-0.2, -0.15) is 5.10 Å². The van der Waals surface area contributed by atoms with E-state index in [1.54, 1.807) is 12.4 Å². The number of rotatable bonds is 5. The van der Waals surface area contributed by atoms with Crippen LogP contribution in [0.2, 0.25) is 0 Å². The third-order valence-electron chi connectivity index (χ3n) is 5.11. The van der Waals surface area contributed by atoms with Crippen molar-refractivity contribution in [3.8, 4) is 0 Å². The molecule has 25 heavy (non-hydrogen) atoms. The summed E-state index contributed by atoms with van der Waals surface area (Å²) in [4.78, 5) is 11.1. The molecular formula is C18H26N6O. The van der Waals surface area contributed by atoms with Crippen LogP contribution >= 0.6 is 0 Å². The Hall–Kier alpha value is -1.99. The fourth-order valence-electron chi connectivity index (χ4n) is 3.81. The first-order chi connectivity index (χ1) is 12.4. The number of anilines is 1. The monoisotopic (exact) mass is 342 g/mol. The third kappa shape index (κ3) is 4.35. The molecule has 2 aliphatic heterocycles. The molecule has 7 nitrogen and oxygen atoms in total. The van der Waals surface area contributed by atoms with Crippen LogP contribution in [0, 0.1) is 11.8 Å². The van der Waals surface area contributed by atoms with Gasteiger partial charge in [0.05, 0.1) is 5.69 Å². The number of hydrogen-bond acceptors (Lipinski definition) is 6. The van der Waals surface area contributed by atoms with Gasteiger partial charge < -0.3 is 10.1 Å². The second-order valence-corrected chi connectivity index (χ2v) is 7.07. The lowest BCUT2D eigenvalue weighted by Crippen LogP contribution is -2.36. The lowest BCUT2D eigenvalue weighted by Gasteiger charge is -2.30.